The number of alkyl halides is 11. The van der Waals surface area contributed by atoms with Crippen LogP contribution in [0.2, 0.25) is 0 Å². The molecule has 1 atom stereocenters. The van der Waals surface area contributed by atoms with Gasteiger partial charge in [-0.1, -0.05) is 6.58 Å². The van der Waals surface area contributed by atoms with Crippen LogP contribution >= 0.6 is 0 Å². The van der Waals surface area contributed by atoms with Crippen molar-refractivity contribution >= 4 is 5.97 Å². The van der Waals surface area contributed by atoms with Gasteiger partial charge < -0.3 is 9.84 Å². The second-order valence-corrected chi connectivity index (χ2v) is 5.82. The monoisotopic (exact) mass is 440 g/mol. The number of rotatable bonds is 9. The summed E-state index contributed by atoms with van der Waals surface area (Å²) in [5.74, 6) is -14.4. The molecule has 3 nitrogen and oxygen atoms in total. The van der Waals surface area contributed by atoms with Crippen LogP contribution < -0.4 is 0 Å². The minimum absolute atomic E-state index is 0.201. The van der Waals surface area contributed by atoms with Crippen LogP contribution in [0, 0.1) is 0 Å². The Morgan fingerprint density at radius 2 is 1.39 bits per heavy atom. The van der Waals surface area contributed by atoms with Crippen LogP contribution in [-0.4, -0.2) is 53.7 Å². The molecule has 0 aliphatic carbocycles. The molecule has 28 heavy (non-hydrogen) atoms. The van der Waals surface area contributed by atoms with Crippen LogP contribution in [-0.2, 0) is 9.53 Å². The van der Waals surface area contributed by atoms with Crippen LogP contribution in [0.25, 0.3) is 0 Å². The van der Waals surface area contributed by atoms with Crippen molar-refractivity contribution in [2.75, 3.05) is 6.61 Å². The lowest BCUT2D eigenvalue weighted by atomic mass is 9.88. The molecule has 1 unspecified atom stereocenters. The van der Waals surface area contributed by atoms with Crippen molar-refractivity contribution in [3.05, 3.63) is 12.2 Å². The number of halogens is 11. The molecule has 0 aromatic rings. The average molecular weight is 440 g/mol. The lowest BCUT2D eigenvalue weighted by Crippen LogP contribution is -2.70. The van der Waals surface area contributed by atoms with Gasteiger partial charge in [0.1, 0.15) is 6.10 Å². The van der Waals surface area contributed by atoms with Crippen molar-refractivity contribution < 1.29 is 62.9 Å². The number of hydrogen-bond acceptors (Lipinski definition) is 3. The van der Waals surface area contributed by atoms with Gasteiger partial charge in [-0.3, -0.25) is 0 Å². The molecule has 0 saturated carbocycles. The first-order valence-corrected chi connectivity index (χ1v) is 7.31. The van der Waals surface area contributed by atoms with Crippen molar-refractivity contribution in [1.29, 1.82) is 0 Å². The Morgan fingerprint density at radius 3 is 1.71 bits per heavy atom. The molecule has 0 aromatic carbocycles. The van der Waals surface area contributed by atoms with Crippen molar-refractivity contribution in [2.45, 2.75) is 62.2 Å². The highest BCUT2D eigenvalue weighted by molar-refractivity contribution is 5.87. The van der Waals surface area contributed by atoms with Gasteiger partial charge in [-0.15, -0.1) is 0 Å². The predicted octanol–water partition coefficient (Wildman–Crippen LogP) is 4.74. The molecule has 0 aromatic heterocycles. The third-order valence-corrected chi connectivity index (χ3v) is 3.52. The molecule has 0 amide bonds. The maximum Gasteiger partial charge on any atom is 0.438 e. The van der Waals surface area contributed by atoms with Crippen molar-refractivity contribution in [2.24, 2.45) is 0 Å². The number of carbonyl (C=O) groups is 1. The zero-order valence-corrected chi connectivity index (χ0v) is 14.0. The summed E-state index contributed by atoms with van der Waals surface area (Å²) in [6.07, 6.45) is -20.7. The highest BCUT2D eigenvalue weighted by Gasteiger charge is 2.89. The van der Waals surface area contributed by atoms with E-state index in [9.17, 15) is 53.1 Å². The molecular weight excluding hydrogens is 425 g/mol. The van der Waals surface area contributed by atoms with E-state index in [1.165, 1.54) is 0 Å². The van der Waals surface area contributed by atoms with Gasteiger partial charge in [0.15, 0.2) is 0 Å². The molecule has 0 bridgehead atoms. The Labute approximate surface area is 151 Å². The highest BCUT2D eigenvalue weighted by Crippen LogP contribution is 2.59. The first-order chi connectivity index (χ1) is 12.3. The first kappa shape index (κ1) is 26.4. The zero-order chi connectivity index (χ0) is 22.8. The number of esters is 1. The van der Waals surface area contributed by atoms with Crippen molar-refractivity contribution in [1.82, 2.24) is 0 Å². The van der Waals surface area contributed by atoms with Crippen LogP contribution in [0.4, 0.5) is 48.3 Å². The smallest absolute Gasteiger partial charge is 0.438 e. The van der Waals surface area contributed by atoms with E-state index in [0.717, 1.165) is 6.92 Å². The molecule has 0 aliphatic heterocycles. The molecule has 166 valence electrons. The standard InChI is InChI=1S/C14H15F11O3/c1-7(2)9(27)28-8(6-26)4-3-5-10(15,16)12(18,19)11(17,13(20,21)22)14(23,24)25/h8,26H,1,3-6H2,2H3. The topological polar surface area (TPSA) is 46.5 Å². The Morgan fingerprint density at radius 1 is 0.964 bits per heavy atom. The van der Waals surface area contributed by atoms with E-state index in [-0.39, 0.29) is 5.57 Å². The fraction of sp³-hybridized carbons (Fsp3) is 0.786. The van der Waals surface area contributed by atoms with Crippen LogP contribution in [0.1, 0.15) is 26.2 Å². The normalized spacial score (nSPS) is 15.3. The van der Waals surface area contributed by atoms with E-state index < -0.39 is 67.8 Å². The van der Waals surface area contributed by atoms with Crippen molar-refractivity contribution in [3.63, 3.8) is 0 Å². The summed E-state index contributed by atoms with van der Waals surface area (Å²) < 4.78 is 146. The summed E-state index contributed by atoms with van der Waals surface area (Å²) in [5, 5.41) is 8.89. The fourth-order valence-electron chi connectivity index (χ4n) is 1.92. The number of aliphatic hydroxyl groups excluding tert-OH is 1. The van der Waals surface area contributed by atoms with Gasteiger partial charge >= 0.3 is 35.8 Å². The predicted molar refractivity (Wildman–Crippen MR) is 71.5 cm³/mol. The summed E-state index contributed by atoms with van der Waals surface area (Å²) >= 11 is 0. The van der Waals surface area contributed by atoms with E-state index in [1.807, 2.05) is 0 Å². The minimum atomic E-state index is -7.50. The summed E-state index contributed by atoms with van der Waals surface area (Å²) in [5.41, 5.74) is -7.70. The van der Waals surface area contributed by atoms with E-state index in [1.54, 1.807) is 0 Å². The molecule has 0 radical (unpaired) electrons. The number of carbonyl (C=O) groups excluding carboxylic acids is 1. The number of ether oxygens (including phenoxy) is 1. The molecule has 0 saturated heterocycles. The Balaban J connectivity index is 5.46. The largest absolute Gasteiger partial charge is 0.457 e. The first-order valence-electron chi connectivity index (χ1n) is 7.31. The summed E-state index contributed by atoms with van der Waals surface area (Å²) in [6.45, 7) is 3.28. The molecule has 14 heteroatoms. The molecule has 0 aliphatic rings. The van der Waals surface area contributed by atoms with Gasteiger partial charge in [0.05, 0.1) is 6.61 Å². The summed E-state index contributed by atoms with van der Waals surface area (Å²) in [4.78, 5) is 11.2. The molecule has 1 N–H and O–H groups in total. The SMILES string of the molecule is C=C(C)C(=O)OC(CO)CCCC(F)(F)C(F)(F)C(F)(C(F)(F)F)C(F)(F)F. The number of aliphatic hydroxyl groups is 1. The summed E-state index contributed by atoms with van der Waals surface area (Å²) in [6, 6.07) is 0. The third-order valence-electron chi connectivity index (χ3n) is 3.52. The lowest BCUT2D eigenvalue weighted by Gasteiger charge is -2.39. The van der Waals surface area contributed by atoms with E-state index in [4.69, 9.17) is 5.11 Å². The van der Waals surface area contributed by atoms with E-state index in [0.29, 0.717) is 0 Å². The quantitative estimate of drug-likeness (QED) is 0.320. The molecule has 0 rings (SSSR count). The van der Waals surface area contributed by atoms with Crippen LogP contribution in [0.5, 0.6) is 0 Å². The second kappa shape index (κ2) is 8.41. The fourth-order valence-corrected chi connectivity index (χ4v) is 1.92. The van der Waals surface area contributed by atoms with Crippen LogP contribution in [0.15, 0.2) is 12.2 Å². The maximum absolute atomic E-state index is 13.5. The summed E-state index contributed by atoms with van der Waals surface area (Å²) in [7, 11) is 0. The van der Waals surface area contributed by atoms with Crippen LogP contribution in [0.3, 0.4) is 0 Å². The molecule has 0 fully saturated rings. The Hall–Kier alpha value is -1.60. The zero-order valence-electron chi connectivity index (χ0n) is 14.0. The van der Waals surface area contributed by atoms with Gasteiger partial charge in [0, 0.05) is 12.0 Å². The second-order valence-electron chi connectivity index (χ2n) is 5.82. The van der Waals surface area contributed by atoms with Gasteiger partial charge in [-0.2, -0.15) is 43.9 Å². The van der Waals surface area contributed by atoms with E-state index >= 15 is 0 Å². The van der Waals surface area contributed by atoms with Crippen molar-refractivity contribution in [3.8, 4) is 0 Å². The minimum Gasteiger partial charge on any atom is -0.457 e. The highest BCUT2D eigenvalue weighted by atomic mass is 19.4. The molecule has 0 heterocycles. The van der Waals surface area contributed by atoms with Gasteiger partial charge in [-0.25, -0.2) is 9.18 Å². The lowest BCUT2D eigenvalue weighted by molar-refractivity contribution is -0.427. The van der Waals surface area contributed by atoms with Gasteiger partial charge in [0.2, 0.25) is 0 Å². The average Bonchev–Trinajstić information content (AvgIpc) is 2.49. The number of hydrogen-bond donors (Lipinski definition) is 1. The molecular formula is C14H15F11O3. The third kappa shape index (κ3) is 5.06. The Bertz CT molecular complexity index is 552. The van der Waals surface area contributed by atoms with E-state index in [2.05, 4.69) is 11.3 Å². The van der Waals surface area contributed by atoms with Gasteiger partial charge in [0.25, 0.3) is 0 Å². The molecule has 0 spiro atoms. The van der Waals surface area contributed by atoms with Gasteiger partial charge in [-0.05, 0) is 19.8 Å². The Kier molecular flexibility index (Phi) is 7.93. The maximum atomic E-state index is 13.5.